The SMILES string of the molecule is C#CCOn1c(SCC#C)nc2ccccc2c1=O. The molecule has 0 fully saturated rings. The third-order valence-electron chi connectivity index (χ3n) is 2.27. The Hall–Kier alpha value is -2.37. The van der Waals surface area contributed by atoms with Gasteiger partial charge in [-0.1, -0.05) is 35.7 Å². The Morgan fingerprint density at radius 1 is 1.32 bits per heavy atom. The lowest BCUT2D eigenvalue weighted by Gasteiger charge is -2.11. The number of aromatic nitrogens is 2. The number of benzene rings is 1. The Morgan fingerprint density at radius 3 is 2.84 bits per heavy atom. The van der Waals surface area contributed by atoms with Crippen molar-refractivity contribution in [2.75, 3.05) is 12.4 Å². The lowest BCUT2D eigenvalue weighted by Crippen LogP contribution is -2.29. The number of terminal acetylenes is 2. The van der Waals surface area contributed by atoms with E-state index < -0.39 is 0 Å². The van der Waals surface area contributed by atoms with Gasteiger partial charge in [-0.05, 0) is 12.1 Å². The quantitative estimate of drug-likeness (QED) is 0.475. The first-order valence-corrected chi connectivity index (χ1v) is 6.41. The largest absolute Gasteiger partial charge is 0.395 e. The topological polar surface area (TPSA) is 44.1 Å². The molecule has 0 atom stereocenters. The second-order valence-electron chi connectivity index (χ2n) is 3.48. The number of para-hydroxylation sites is 1. The first-order valence-electron chi connectivity index (χ1n) is 5.42. The van der Waals surface area contributed by atoms with E-state index in [4.69, 9.17) is 17.7 Å². The van der Waals surface area contributed by atoms with Gasteiger partial charge in [0.15, 0.2) is 6.61 Å². The molecular formula is C14H10N2O2S. The predicted molar refractivity (Wildman–Crippen MR) is 75.8 cm³/mol. The molecule has 94 valence electrons. The van der Waals surface area contributed by atoms with Crippen LogP contribution in [0.5, 0.6) is 0 Å². The Labute approximate surface area is 114 Å². The van der Waals surface area contributed by atoms with Crippen molar-refractivity contribution >= 4 is 22.7 Å². The number of rotatable bonds is 4. The Kier molecular flexibility index (Phi) is 4.12. The van der Waals surface area contributed by atoms with Crippen LogP contribution in [0.3, 0.4) is 0 Å². The Morgan fingerprint density at radius 2 is 2.11 bits per heavy atom. The van der Waals surface area contributed by atoms with Gasteiger partial charge in [0, 0.05) is 0 Å². The molecule has 0 aliphatic carbocycles. The highest BCUT2D eigenvalue weighted by Gasteiger charge is 2.11. The molecule has 1 heterocycles. The van der Waals surface area contributed by atoms with Gasteiger partial charge < -0.3 is 4.84 Å². The summed E-state index contributed by atoms with van der Waals surface area (Å²) in [5.74, 6) is 5.19. The minimum atomic E-state index is -0.291. The van der Waals surface area contributed by atoms with Crippen LogP contribution in [-0.4, -0.2) is 22.1 Å². The minimum absolute atomic E-state index is 0.0104. The van der Waals surface area contributed by atoms with Gasteiger partial charge in [-0.25, -0.2) is 4.98 Å². The zero-order chi connectivity index (χ0) is 13.7. The van der Waals surface area contributed by atoms with Crippen LogP contribution in [0.4, 0.5) is 0 Å². The van der Waals surface area contributed by atoms with Crippen molar-refractivity contribution in [2.24, 2.45) is 0 Å². The molecular weight excluding hydrogens is 260 g/mol. The van der Waals surface area contributed by atoms with E-state index in [1.807, 2.05) is 6.07 Å². The molecule has 0 amide bonds. The first-order chi connectivity index (χ1) is 9.27. The third-order valence-corrected chi connectivity index (χ3v) is 3.10. The lowest BCUT2D eigenvalue weighted by molar-refractivity contribution is 0.106. The van der Waals surface area contributed by atoms with Crippen LogP contribution >= 0.6 is 11.8 Å². The number of fused-ring (bicyclic) bond motifs is 1. The summed E-state index contributed by atoms with van der Waals surface area (Å²) in [6, 6.07) is 7.04. The fourth-order valence-electron chi connectivity index (χ4n) is 1.51. The molecule has 0 bridgehead atoms. The minimum Gasteiger partial charge on any atom is -0.395 e. The summed E-state index contributed by atoms with van der Waals surface area (Å²) in [6.45, 7) is -0.0104. The van der Waals surface area contributed by atoms with E-state index in [0.29, 0.717) is 21.8 Å². The van der Waals surface area contributed by atoms with E-state index in [1.165, 1.54) is 11.8 Å². The van der Waals surface area contributed by atoms with E-state index >= 15 is 0 Å². The van der Waals surface area contributed by atoms with Crippen molar-refractivity contribution in [3.05, 3.63) is 34.6 Å². The van der Waals surface area contributed by atoms with Crippen molar-refractivity contribution in [3.8, 4) is 24.7 Å². The maximum atomic E-state index is 12.3. The van der Waals surface area contributed by atoms with E-state index in [0.717, 1.165) is 4.73 Å². The van der Waals surface area contributed by atoms with Crippen molar-refractivity contribution in [1.82, 2.24) is 9.71 Å². The van der Waals surface area contributed by atoms with E-state index in [2.05, 4.69) is 16.8 Å². The van der Waals surface area contributed by atoms with Crippen molar-refractivity contribution < 1.29 is 4.84 Å². The second-order valence-corrected chi connectivity index (χ2v) is 4.42. The number of nitrogens with zero attached hydrogens (tertiary/aromatic N) is 2. The molecule has 0 aliphatic rings. The molecule has 0 spiro atoms. The molecule has 0 unspecified atom stereocenters. The van der Waals surface area contributed by atoms with E-state index in [1.54, 1.807) is 18.2 Å². The summed E-state index contributed by atoms with van der Waals surface area (Å²) in [5, 5.41) is 0.876. The standard InChI is InChI=1S/C14H10N2O2S/c1-3-9-18-16-13(17)11-7-5-6-8-12(11)15-14(16)19-10-4-2/h1-2,5-8H,9-10H2. The molecule has 1 aromatic carbocycles. The summed E-state index contributed by atoms with van der Waals surface area (Å²) < 4.78 is 1.10. The monoisotopic (exact) mass is 270 g/mol. The molecule has 1 aromatic heterocycles. The van der Waals surface area contributed by atoms with Gasteiger partial charge in [-0.3, -0.25) is 4.79 Å². The predicted octanol–water partition coefficient (Wildman–Crippen LogP) is 1.18. The molecule has 4 nitrogen and oxygen atoms in total. The first kappa shape index (κ1) is 13.1. The van der Waals surface area contributed by atoms with Gasteiger partial charge in [-0.2, -0.15) is 0 Å². The van der Waals surface area contributed by atoms with Gasteiger partial charge in [0.05, 0.1) is 16.7 Å². The van der Waals surface area contributed by atoms with Crippen LogP contribution in [0.15, 0.2) is 34.2 Å². The molecule has 0 radical (unpaired) electrons. The molecule has 2 rings (SSSR count). The Balaban J connectivity index is 2.60. The highest BCUT2D eigenvalue weighted by Crippen LogP contribution is 2.16. The normalized spacial score (nSPS) is 9.79. The maximum Gasteiger partial charge on any atom is 0.295 e. The van der Waals surface area contributed by atoms with Crippen molar-refractivity contribution in [2.45, 2.75) is 5.16 Å². The van der Waals surface area contributed by atoms with Gasteiger partial charge >= 0.3 is 0 Å². The number of hydrogen-bond acceptors (Lipinski definition) is 4. The second kappa shape index (κ2) is 5.99. The van der Waals surface area contributed by atoms with Gasteiger partial charge in [0.25, 0.3) is 5.56 Å². The number of thioether (sulfide) groups is 1. The Bertz CT molecular complexity index is 738. The average molecular weight is 270 g/mol. The van der Waals surface area contributed by atoms with Crippen LogP contribution < -0.4 is 10.4 Å². The molecule has 2 aromatic rings. The smallest absolute Gasteiger partial charge is 0.295 e. The molecule has 5 heteroatoms. The van der Waals surface area contributed by atoms with Crippen LogP contribution in [0.2, 0.25) is 0 Å². The van der Waals surface area contributed by atoms with E-state index in [-0.39, 0.29) is 12.2 Å². The molecule has 0 N–H and O–H groups in total. The fraction of sp³-hybridized carbons (Fsp3) is 0.143. The van der Waals surface area contributed by atoms with Crippen LogP contribution in [0.25, 0.3) is 10.9 Å². The molecule has 0 aliphatic heterocycles. The molecule has 0 saturated heterocycles. The van der Waals surface area contributed by atoms with Gasteiger partial charge in [0.2, 0.25) is 5.16 Å². The summed E-state index contributed by atoms with van der Waals surface area (Å²) in [5.41, 5.74) is 0.313. The van der Waals surface area contributed by atoms with Gasteiger partial charge in [-0.15, -0.1) is 17.6 Å². The third kappa shape index (κ3) is 2.73. The average Bonchev–Trinajstić information content (AvgIpc) is 2.44. The zero-order valence-electron chi connectivity index (χ0n) is 10.00. The van der Waals surface area contributed by atoms with E-state index in [9.17, 15) is 4.79 Å². The lowest BCUT2D eigenvalue weighted by atomic mass is 10.2. The summed E-state index contributed by atoms with van der Waals surface area (Å²) >= 11 is 1.25. The fourth-order valence-corrected chi connectivity index (χ4v) is 2.14. The highest BCUT2D eigenvalue weighted by molar-refractivity contribution is 7.99. The summed E-state index contributed by atoms with van der Waals surface area (Å²) in [6.07, 6.45) is 10.4. The van der Waals surface area contributed by atoms with Crippen LogP contribution in [0.1, 0.15) is 0 Å². The number of hydrogen-bond donors (Lipinski definition) is 0. The molecule has 0 saturated carbocycles. The van der Waals surface area contributed by atoms with Crippen LogP contribution in [0, 0.1) is 24.7 Å². The van der Waals surface area contributed by atoms with Gasteiger partial charge in [0.1, 0.15) is 0 Å². The van der Waals surface area contributed by atoms with Crippen molar-refractivity contribution in [3.63, 3.8) is 0 Å². The maximum absolute atomic E-state index is 12.3. The summed E-state index contributed by atoms with van der Waals surface area (Å²) in [4.78, 5) is 21.9. The van der Waals surface area contributed by atoms with Crippen LogP contribution in [-0.2, 0) is 0 Å². The zero-order valence-corrected chi connectivity index (χ0v) is 10.8. The highest BCUT2D eigenvalue weighted by atomic mass is 32.2. The summed E-state index contributed by atoms with van der Waals surface area (Å²) in [7, 11) is 0. The molecule has 19 heavy (non-hydrogen) atoms. The van der Waals surface area contributed by atoms with Crippen molar-refractivity contribution in [1.29, 1.82) is 0 Å².